The van der Waals surface area contributed by atoms with E-state index in [0.29, 0.717) is 5.95 Å². The molecule has 1 aliphatic rings. The van der Waals surface area contributed by atoms with Gasteiger partial charge in [-0.3, -0.25) is 10.1 Å². The van der Waals surface area contributed by atoms with Gasteiger partial charge in [0.25, 0.3) is 0 Å². The second-order valence-corrected chi connectivity index (χ2v) is 5.51. The van der Waals surface area contributed by atoms with Gasteiger partial charge in [-0.1, -0.05) is 19.3 Å². The Kier molecular flexibility index (Phi) is 5.35. The van der Waals surface area contributed by atoms with E-state index in [1.54, 1.807) is 0 Å². The summed E-state index contributed by atoms with van der Waals surface area (Å²) in [7, 11) is 0. The van der Waals surface area contributed by atoms with E-state index in [0.717, 1.165) is 38.8 Å². The molecule has 0 aliphatic heterocycles. The average molecular weight is 308 g/mol. The summed E-state index contributed by atoms with van der Waals surface area (Å²) in [5.74, 6) is 0.595. The fraction of sp³-hybridized carbons (Fsp3) is 0.714. The molecule has 1 aromatic heterocycles. The van der Waals surface area contributed by atoms with E-state index >= 15 is 0 Å². The molecule has 0 radical (unpaired) electrons. The molecular formula is C14H24N6O2. The second-order valence-electron chi connectivity index (χ2n) is 5.51. The molecule has 1 heterocycles. The maximum absolute atomic E-state index is 11.3. The second kappa shape index (κ2) is 7.24. The van der Waals surface area contributed by atoms with Crippen LogP contribution in [0.5, 0.6) is 0 Å². The lowest BCUT2D eigenvalue weighted by Gasteiger charge is -2.24. The molecule has 0 unspecified atom stereocenters. The SMILES string of the molecule is CCN(CC)c1nc(N)c([N+](=O)[O-])c(NC2CCCCC2)n1. The Morgan fingerprint density at radius 1 is 1.27 bits per heavy atom. The summed E-state index contributed by atoms with van der Waals surface area (Å²) >= 11 is 0. The van der Waals surface area contributed by atoms with Gasteiger partial charge in [-0.15, -0.1) is 0 Å². The summed E-state index contributed by atoms with van der Waals surface area (Å²) in [6, 6.07) is 0.214. The number of nitrogens with zero attached hydrogens (tertiary/aromatic N) is 4. The van der Waals surface area contributed by atoms with Crippen molar-refractivity contribution in [3.63, 3.8) is 0 Å². The van der Waals surface area contributed by atoms with E-state index in [1.807, 2.05) is 18.7 Å². The zero-order valence-corrected chi connectivity index (χ0v) is 13.2. The highest BCUT2D eigenvalue weighted by atomic mass is 16.6. The van der Waals surface area contributed by atoms with Crippen LogP contribution in [0.1, 0.15) is 46.0 Å². The first-order valence-corrected chi connectivity index (χ1v) is 7.90. The van der Waals surface area contributed by atoms with Crippen molar-refractivity contribution in [1.29, 1.82) is 0 Å². The zero-order valence-electron chi connectivity index (χ0n) is 13.2. The van der Waals surface area contributed by atoms with Crippen LogP contribution in [0.3, 0.4) is 0 Å². The number of hydrogen-bond donors (Lipinski definition) is 2. The predicted octanol–water partition coefficient (Wildman–Crippen LogP) is 2.56. The monoisotopic (exact) mass is 308 g/mol. The first-order valence-electron chi connectivity index (χ1n) is 7.90. The fourth-order valence-electron chi connectivity index (χ4n) is 2.83. The van der Waals surface area contributed by atoms with Gasteiger partial charge in [-0.2, -0.15) is 9.97 Å². The standard InChI is InChI=1S/C14H24N6O2/c1-3-19(4-2)14-17-12(15)11(20(21)22)13(18-14)16-10-8-6-5-7-9-10/h10H,3-9H2,1-2H3,(H3,15,16,17,18). The van der Waals surface area contributed by atoms with Crippen LogP contribution in [-0.2, 0) is 0 Å². The molecule has 1 saturated carbocycles. The van der Waals surface area contributed by atoms with Crippen LogP contribution in [0.4, 0.5) is 23.3 Å². The summed E-state index contributed by atoms with van der Waals surface area (Å²) in [6.45, 7) is 5.41. The molecule has 3 N–H and O–H groups in total. The molecule has 0 bridgehead atoms. The van der Waals surface area contributed by atoms with E-state index in [-0.39, 0.29) is 23.4 Å². The summed E-state index contributed by atoms with van der Waals surface area (Å²) in [5.41, 5.74) is 5.60. The molecule has 122 valence electrons. The normalized spacial score (nSPS) is 15.5. The van der Waals surface area contributed by atoms with Crippen LogP contribution in [-0.4, -0.2) is 34.0 Å². The van der Waals surface area contributed by atoms with E-state index < -0.39 is 4.92 Å². The predicted molar refractivity (Wildman–Crippen MR) is 87.2 cm³/mol. The van der Waals surface area contributed by atoms with Crippen molar-refractivity contribution in [2.24, 2.45) is 0 Å². The lowest BCUT2D eigenvalue weighted by atomic mass is 9.95. The topological polar surface area (TPSA) is 110 Å². The van der Waals surface area contributed by atoms with Gasteiger partial charge in [-0.05, 0) is 26.7 Å². The van der Waals surface area contributed by atoms with Gasteiger partial charge in [0.2, 0.25) is 17.6 Å². The van der Waals surface area contributed by atoms with Crippen LogP contribution < -0.4 is 16.0 Å². The van der Waals surface area contributed by atoms with Gasteiger partial charge in [0, 0.05) is 19.1 Å². The lowest BCUT2D eigenvalue weighted by Crippen LogP contribution is -2.27. The Hall–Kier alpha value is -2.12. The minimum absolute atomic E-state index is 0.0831. The minimum Gasteiger partial charge on any atom is -0.378 e. The lowest BCUT2D eigenvalue weighted by molar-refractivity contribution is -0.383. The molecule has 0 atom stereocenters. The highest BCUT2D eigenvalue weighted by Gasteiger charge is 2.26. The summed E-state index contributed by atoms with van der Waals surface area (Å²) in [6.07, 6.45) is 5.49. The van der Waals surface area contributed by atoms with Gasteiger partial charge in [0.05, 0.1) is 4.92 Å². The molecular weight excluding hydrogens is 284 g/mol. The van der Waals surface area contributed by atoms with E-state index in [9.17, 15) is 10.1 Å². The largest absolute Gasteiger partial charge is 0.378 e. The molecule has 1 aromatic rings. The third-order valence-corrected chi connectivity index (χ3v) is 4.07. The molecule has 0 spiro atoms. The quantitative estimate of drug-likeness (QED) is 0.613. The number of hydrogen-bond acceptors (Lipinski definition) is 7. The molecule has 0 saturated heterocycles. The summed E-state index contributed by atoms with van der Waals surface area (Å²) in [5, 5.41) is 14.5. The van der Waals surface area contributed by atoms with Gasteiger partial charge >= 0.3 is 5.69 Å². The highest BCUT2D eigenvalue weighted by Crippen LogP contribution is 2.32. The Morgan fingerprint density at radius 2 is 1.91 bits per heavy atom. The van der Waals surface area contributed by atoms with Crippen LogP contribution in [0, 0.1) is 10.1 Å². The van der Waals surface area contributed by atoms with Crippen LogP contribution in [0.25, 0.3) is 0 Å². The number of anilines is 3. The Morgan fingerprint density at radius 3 is 2.45 bits per heavy atom. The van der Waals surface area contributed by atoms with E-state index in [4.69, 9.17) is 5.73 Å². The van der Waals surface area contributed by atoms with E-state index in [2.05, 4.69) is 15.3 Å². The summed E-state index contributed by atoms with van der Waals surface area (Å²) < 4.78 is 0. The molecule has 0 aromatic carbocycles. The van der Waals surface area contributed by atoms with Crippen molar-refractivity contribution < 1.29 is 4.92 Å². The zero-order chi connectivity index (χ0) is 16.1. The minimum atomic E-state index is -0.507. The number of nitro groups is 1. The van der Waals surface area contributed by atoms with Crippen molar-refractivity contribution in [2.45, 2.75) is 52.0 Å². The molecule has 8 nitrogen and oxygen atoms in total. The smallest absolute Gasteiger partial charge is 0.353 e. The first-order chi connectivity index (χ1) is 10.6. The van der Waals surface area contributed by atoms with Gasteiger partial charge in [-0.25, -0.2) is 0 Å². The van der Waals surface area contributed by atoms with Crippen molar-refractivity contribution in [1.82, 2.24) is 9.97 Å². The number of nitrogen functional groups attached to an aromatic ring is 1. The molecule has 1 fully saturated rings. The van der Waals surface area contributed by atoms with Crippen molar-refractivity contribution in [3.8, 4) is 0 Å². The number of aromatic nitrogens is 2. The van der Waals surface area contributed by atoms with Gasteiger partial charge in [0.1, 0.15) is 0 Å². The van der Waals surface area contributed by atoms with Crippen molar-refractivity contribution in [3.05, 3.63) is 10.1 Å². The molecule has 22 heavy (non-hydrogen) atoms. The Bertz CT molecular complexity index is 526. The van der Waals surface area contributed by atoms with Crippen molar-refractivity contribution >= 4 is 23.3 Å². The van der Waals surface area contributed by atoms with Crippen LogP contribution in [0.2, 0.25) is 0 Å². The van der Waals surface area contributed by atoms with E-state index in [1.165, 1.54) is 6.42 Å². The maximum atomic E-state index is 11.3. The summed E-state index contributed by atoms with van der Waals surface area (Å²) in [4.78, 5) is 21.2. The molecule has 0 amide bonds. The van der Waals surface area contributed by atoms with Crippen molar-refractivity contribution in [2.75, 3.05) is 29.0 Å². The molecule has 1 aliphatic carbocycles. The average Bonchev–Trinajstić information content (AvgIpc) is 2.48. The van der Waals surface area contributed by atoms with Gasteiger partial charge < -0.3 is 16.0 Å². The number of nitrogens with two attached hydrogens (primary N) is 1. The highest BCUT2D eigenvalue weighted by molar-refractivity contribution is 5.70. The Labute approximate surface area is 130 Å². The van der Waals surface area contributed by atoms with Crippen LogP contribution in [0.15, 0.2) is 0 Å². The fourth-order valence-corrected chi connectivity index (χ4v) is 2.83. The van der Waals surface area contributed by atoms with Gasteiger partial charge in [0.15, 0.2) is 0 Å². The molecule has 2 rings (SSSR count). The maximum Gasteiger partial charge on any atom is 0.353 e. The Balaban J connectivity index is 2.36. The third-order valence-electron chi connectivity index (χ3n) is 4.07. The molecule has 8 heteroatoms. The third kappa shape index (κ3) is 3.55. The van der Waals surface area contributed by atoms with Crippen LogP contribution >= 0.6 is 0 Å². The first kappa shape index (κ1) is 16.3. The number of rotatable bonds is 6. The number of nitrogens with one attached hydrogen (secondary N) is 1.